The summed E-state index contributed by atoms with van der Waals surface area (Å²) in [7, 11) is 0. The van der Waals surface area contributed by atoms with Crippen molar-refractivity contribution in [1.82, 2.24) is 10.2 Å². The molecule has 2 rings (SSSR count). The topological polar surface area (TPSA) is 36.5 Å². The van der Waals surface area contributed by atoms with Crippen molar-refractivity contribution in [2.45, 2.75) is 38.6 Å². The van der Waals surface area contributed by atoms with Gasteiger partial charge in [0.15, 0.2) is 5.11 Å². The Bertz CT molecular complexity index is 528. The van der Waals surface area contributed by atoms with Gasteiger partial charge >= 0.3 is 6.36 Å². The maximum Gasteiger partial charge on any atom is 0.573 e. The first-order valence-electron chi connectivity index (χ1n) is 8.01. The number of piperidine rings is 1. The Balaban J connectivity index is 1.76. The van der Waals surface area contributed by atoms with Gasteiger partial charge in [-0.25, -0.2) is 0 Å². The smallest absolute Gasteiger partial charge is 0.406 e. The van der Waals surface area contributed by atoms with Crippen LogP contribution in [0.4, 0.5) is 18.9 Å². The number of ether oxygens (including phenoxy) is 1. The average molecular weight is 361 g/mol. The van der Waals surface area contributed by atoms with E-state index in [0.29, 0.717) is 16.8 Å². The Hall–Kier alpha value is -1.54. The van der Waals surface area contributed by atoms with Crippen LogP contribution in [0.15, 0.2) is 24.3 Å². The molecule has 1 aliphatic heterocycles. The molecule has 134 valence electrons. The highest BCUT2D eigenvalue weighted by Crippen LogP contribution is 2.24. The zero-order valence-corrected chi connectivity index (χ0v) is 14.3. The summed E-state index contributed by atoms with van der Waals surface area (Å²) in [5.41, 5.74) is 0.616. The number of likely N-dealkylation sites (tertiary alicyclic amines) is 1. The monoisotopic (exact) mass is 361 g/mol. The molecule has 0 aromatic heterocycles. The average Bonchev–Trinajstić information content (AvgIpc) is 2.50. The van der Waals surface area contributed by atoms with Crippen molar-refractivity contribution < 1.29 is 17.9 Å². The van der Waals surface area contributed by atoms with E-state index in [0.717, 1.165) is 38.9 Å². The molecule has 1 aromatic rings. The Labute approximate surface area is 145 Å². The van der Waals surface area contributed by atoms with E-state index in [4.69, 9.17) is 12.2 Å². The van der Waals surface area contributed by atoms with Gasteiger partial charge < -0.3 is 20.3 Å². The van der Waals surface area contributed by atoms with Gasteiger partial charge in [-0.2, -0.15) is 0 Å². The summed E-state index contributed by atoms with van der Waals surface area (Å²) < 4.78 is 40.2. The highest BCUT2D eigenvalue weighted by atomic mass is 32.1. The van der Waals surface area contributed by atoms with Gasteiger partial charge in [0.1, 0.15) is 5.75 Å². The second-order valence-electron chi connectivity index (χ2n) is 5.79. The highest BCUT2D eigenvalue weighted by Gasteiger charge is 2.31. The number of benzene rings is 1. The van der Waals surface area contributed by atoms with Crippen LogP contribution in [0.2, 0.25) is 0 Å². The van der Waals surface area contributed by atoms with E-state index < -0.39 is 6.36 Å². The SMILES string of the molecule is CCCN1CCC(NC(=S)Nc2ccc(OC(F)(F)F)cc2)CC1. The fourth-order valence-corrected chi connectivity index (χ4v) is 2.99. The minimum atomic E-state index is -4.68. The van der Waals surface area contributed by atoms with Crippen LogP contribution in [0.5, 0.6) is 5.75 Å². The minimum absolute atomic E-state index is 0.254. The lowest BCUT2D eigenvalue weighted by molar-refractivity contribution is -0.274. The fourth-order valence-electron chi connectivity index (χ4n) is 2.71. The van der Waals surface area contributed by atoms with Crippen LogP contribution in [0.1, 0.15) is 26.2 Å². The van der Waals surface area contributed by atoms with E-state index in [1.54, 1.807) is 0 Å². The number of rotatable bonds is 5. The molecule has 4 nitrogen and oxygen atoms in total. The van der Waals surface area contributed by atoms with Gasteiger partial charge in [0.2, 0.25) is 0 Å². The second-order valence-corrected chi connectivity index (χ2v) is 6.19. The van der Waals surface area contributed by atoms with Gasteiger partial charge in [-0.1, -0.05) is 6.92 Å². The molecule has 0 unspecified atom stereocenters. The molecule has 1 fully saturated rings. The summed E-state index contributed by atoms with van der Waals surface area (Å²) in [6.07, 6.45) is -1.47. The van der Waals surface area contributed by atoms with Crippen molar-refractivity contribution in [2.24, 2.45) is 0 Å². The molecule has 0 amide bonds. The van der Waals surface area contributed by atoms with Crippen molar-refractivity contribution >= 4 is 23.0 Å². The van der Waals surface area contributed by atoms with Crippen LogP contribution in [0, 0.1) is 0 Å². The van der Waals surface area contributed by atoms with Crippen LogP contribution in [0.3, 0.4) is 0 Å². The predicted molar refractivity (Wildman–Crippen MR) is 92.2 cm³/mol. The summed E-state index contributed by atoms with van der Waals surface area (Å²) in [6, 6.07) is 5.83. The summed E-state index contributed by atoms with van der Waals surface area (Å²) in [6.45, 7) is 5.41. The quantitative estimate of drug-likeness (QED) is 0.782. The molecule has 0 spiro atoms. The van der Waals surface area contributed by atoms with E-state index in [1.165, 1.54) is 24.3 Å². The first kappa shape index (κ1) is 18.8. The third-order valence-corrected chi connectivity index (χ3v) is 4.03. The molecule has 0 aliphatic carbocycles. The number of alkyl halides is 3. The minimum Gasteiger partial charge on any atom is -0.406 e. The fraction of sp³-hybridized carbons (Fsp3) is 0.562. The zero-order valence-electron chi connectivity index (χ0n) is 13.5. The van der Waals surface area contributed by atoms with Crippen LogP contribution in [-0.2, 0) is 0 Å². The van der Waals surface area contributed by atoms with E-state index in [2.05, 4.69) is 27.2 Å². The Morgan fingerprint density at radius 2 is 1.88 bits per heavy atom. The Kier molecular flexibility index (Phi) is 6.68. The molecule has 2 N–H and O–H groups in total. The molecule has 0 radical (unpaired) electrons. The normalized spacial score (nSPS) is 16.7. The Morgan fingerprint density at radius 1 is 1.25 bits per heavy atom. The second kappa shape index (κ2) is 8.53. The lowest BCUT2D eigenvalue weighted by atomic mass is 10.1. The molecule has 1 aliphatic rings. The lowest BCUT2D eigenvalue weighted by Crippen LogP contribution is -2.45. The van der Waals surface area contributed by atoms with Crippen LogP contribution in [-0.4, -0.2) is 42.1 Å². The molecule has 1 heterocycles. The van der Waals surface area contributed by atoms with Gasteiger partial charge in [0.05, 0.1) is 0 Å². The summed E-state index contributed by atoms with van der Waals surface area (Å²) in [4.78, 5) is 2.44. The standard InChI is InChI=1S/C16H22F3N3OS/c1-2-9-22-10-7-13(8-11-22)21-15(24)20-12-3-5-14(6-4-12)23-16(17,18)19/h3-6,13H,2,7-11H2,1H3,(H2,20,21,24). The number of hydrogen-bond donors (Lipinski definition) is 2. The third-order valence-electron chi connectivity index (χ3n) is 3.81. The zero-order chi connectivity index (χ0) is 17.6. The first-order chi connectivity index (χ1) is 11.4. The van der Waals surface area contributed by atoms with E-state index in [1.807, 2.05) is 0 Å². The van der Waals surface area contributed by atoms with Gasteiger partial charge in [-0.15, -0.1) is 13.2 Å². The lowest BCUT2D eigenvalue weighted by Gasteiger charge is -2.32. The molecule has 24 heavy (non-hydrogen) atoms. The number of hydrogen-bond acceptors (Lipinski definition) is 3. The van der Waals surface area contributed by atoms with Crippen LogP contribution in [0.25, 0.3) is 0 Å². The summed E-state index contributed by atoms with van der Waals surface area (Å²) in [5.74, 6) is -0.254. The maximum atomic E-state index is 12.1. The van der Waals surface area contributed by atoms with Gasteiger partial charge in [-0.3, -0.25) is 0 Å². The third kappa shape index (κ3) is 6.52. The number of anilines is 1. The van der Waals surface area contributed by atoms with Crippen molar-refractivity contribution in [2.75, 3.05) is 25.0 Å². The molecule has 0 saturated carbocycles. The molecular weight excluding hydrogens is 339 g/mol. The van der Waals surface area contributed by atoms with E-state index in [-0.39, 0.29) is 5.75 Å². The first-order valence-corrected chi connectivity index (χ1v) is 8.42. The summed E-state index contributed by atoms with van der Waals surface area (Å²) in [5, 5.41) is 6.73. The highest BCUT2D eigenvalue weighted by molar-refractivity contribution is 7.80. The molecule has 1 saturated heterocycles. The largest absolute Gasteiger partial charge is 0.573 e. The molecule has 0 atom stereocenters. The van der Waals surface area contributed by atoms with Crippen molar-refractivity contribution in [1.29, 1.82) is 0 Å². The summed E-state index contributed by atoms with van der Waals surface area (Å²) >= 11 is 5.27. The van der Waals surface area contributed by atoms with Crippen LogP contribution >= 0.6 is 12.2 Å². The molecular formula is C16H22F3N3OS. The van der Waals surface area contributed by atoms with Gasteiger partial charge in [0, 0.05) is 24.8 Å². The predicted octanol–water partition coefficient (Wildman–Crippen LogP) is 3.75. The number of thiocarbonyl (C=S) groups is 1. The van der Waals surface area contributed by atoms with Crippen LogP contribution < -0.4 is 15.4 Å². The van der Waals surface area contributed by atoms with Crippen molar-refractivity contribution in [3.8, 4) is 5.75 Å². The van der Waals surface area contributed by atoms with E-state index >= 15 is 0 Å². The number of nitrogens with one attached hydrogen (secondary N) is 2. The van der Waals surface area contributed by atoms with Gasteiger partial charge in [-0.05, 0) is 62.3 Å². The number of nitrogens with zero attached hydrogens (tertiary/aromatic N) is 1. The van der Waals surface area contributed by atoms with Gasteiger partial charge in [0.25, 0.3) is 0 Å². The van der Waals surface area contributed by atoms with Crippen molar-refractivity contribution in [3.05, 3.63) is 24.3 Å². The molecule has 0 bridgehead atoms. The van der Waals surface area contributed by atoms with E-state index in [9.17, 15) is 13.2 Å². The Morgan fingerprint density at radius 3 is 2.42 bits per heavy atom. The molecule has 1 aromatic carbocycles. The molecule has 8 heteroatoms. The number of halogens is 3. The van der Waals surface area contributed by atoms with Crippen molar-refractivity contribution in [3.63, 3.8) is 0 Å². The maximum absolute atomic E-state index is 12.1.